The molecule has 1 heterocycles. The minimum atomic E-state index is -1.77. The van der Waals surface area contributed by atoms with Crippen molar-refractivity contribution < 1.29 is 4.43 Å². The van der Waals surface area contributed by atoms with Crippen molar-refractivity contribution in [3.8, 4) is 5.75 Å². The molecule has 2 N–H and O–H groups in total. The Labute approximate surface area is 129 Å². The molecule has 1 aromatic rings. The van der Waals surface area contributed by atoms with Gasteiger partial charge in [0.05, 0.1) is 0 Å². The molecule has 0 spiro atoms. The first-order valence-corrected chi connectivity index (χ1v) is 10.3. The highest BCUT2D eigenvalue weighted by molar-refractivity contribution is 6.74. The fraction of sp³-hybridized carbons (Fsp3) is 0.412. The molecular formula is C17H26N2OSi. The van der Waals surface area contributed by atoms with Crippen LogP contribution >= 0.6 is 0 Å². The Morgan fingerprint density at radius 1 is 1.14 bits per heavy atom. The molecule has 0 fully saturated rings. The molecule has 0 saturated carbocycles. The second kappa shape index (κ2) is 5.60. The zero-order valence-corrected chi connectivity index (χ0v) is 14.7. The minimum absolute atomic E-state index is 0.212. The quantitative estimate of drug-likeness (QED) is 0.848. The van der Waals surface area contributed by atoms with Gasteiger partial charge < -0.3 is 15.1 Å². The van der Waals surface area contributed by atoms with Gasteiger partial charge in [0.15, 0.2) is 0 Å². The second-order valence-electron chi connectivity index (χ2n) is 7.03. The van der Waals surface area contributed by atoms with E-state index in [1.807, 2.05) is 18.4 Å². The second-order valence-corrected chi connectivity index (χ2v) is 11.8. The molecule has 0 amide bonds. The molecule has 1 aromatic carbocycles. The Kier molecular flexibility index (Phi) is 4.19. The summed E-state index contributed by atoms with van der Waals surface area (Å²) < 4.78 is 6.30. The van der Waals surface area contributed by atoms with Crippen LogP contribution in [0, 0.1) is 0 Å². The summed E-state index contributed by atoms with van der Waals surface area (Å²) in [7, 11) is -1.77. The van der Waals surface area contributed by atoms with Gasteiger partial charge in [0.2, 0.25) is 8.32 Å². The van der Waals surface area contributed by atoms with Crippen LogP contribution in [0.5, 0.6) is 5.75 Å². The molecule has 3 nitrogen and oxygen atoms in total. The molecule has 0 atom stereocenters. The van der Waals surface area contributed by atoms with Gasteiger partial charge in [-0.2, -0.15) is 0 Å². The molecule has 0 aliphatic carbocycles. The number of nitrogens with two attached hydrogens (primary N) is 1. The van der Waals surface area contributed by atoms with Gasteiger partial charge in [0, 0.05) is 24.1 Å². The number of hydrogen-bond donors (Lipinski definition) is 1. The SMILES string of the molecule is CC(C)(C)[Si](C)(C)Oc1ccc(N2C=CC(N)=CC2)cc1. The predicted octanol–water partition coefficient (Wildman–Crippen LogP) is 4.25. The Bertz CT molecular complexity index is 553. The third kappa shape index (κ3) is 3.70. The van der Waals surface area contributed by atoms with Crippen LogP contribution in [0.2, 0.25) is 18.1 Å². The van der Waals surface area contributed by atoms with Crippen LogP contribution < -0.4 is 15.1 Å². The topological polar surface area (TPSA) is 38.5 Å². The van der Waals surface area contributed by atoms with E-state index in [0.29, 0.717) is 0 Å². The summed E-state index contributed by atoms with van der Waals surface area (Å²) in [6, 6.07) is 8.32. The van der Waals surface area contributed by atoms with Gasteiger partial charge in [-0.05, 0) is 54.5 Å². The van der Waals surface area contributed by atoms with Crippen molar-refractivity contribution in [1.29, 1.82) is 0 Å². The van der Waals surface area contributed by atoms with Crippen LogP contribution in [0.3, 0.4) is 0 Å². The molecule has 0 saturated heterocycles. The van der Waals surface area contributed by atoms with E-state index in [-0.39, 0.29) is 5.04 Å². The Morgan fingerprint density at radius 2 is 1.76 bits per heavy atom. The lowest BCUT2D eigenvalue weighted by Crippen LogP contribution is -2.43. The van der Waals surface area contributed by atoms with E-state index in [1.165, 1.54) is 0 Å². The molecular weight excluding hydrogens is 276 g/mol. The normalized spacial score (nSPS) is 15.9. The first kappa shape index (κ1) is 15.7. The minimum Gasteiger partial charge on any atom is -0.544 e. The van der Waals surface area contributed by atoms with Crippen molar-refractivity contribution in [2.45, 2.75) is 38.9 Å². The first-order valence-electron chi connectivity index (χ1n) is 7.39. The smallest absolute Gasteiger partial charge is 0.250 e. The number of allylic oxidation sites excluding steroid dienone is 1. The maximum absolute atomic E-state index is 6.30. The summed E-state index contributed by atoms with van der Waals surface area (Å²) in [5.74, 6) is 0.960. The third-order valence-corrected chi connectivity index (χ3v) is 8.68. The molecule has 0 aromatic heterocycles. The fourth-order valence-corrected chi connectivity index (χ4v) is 2.89. The summed E-state index contributed by atoms with van der Waals surface area (Å²) in [5, 5.41) is 0.212. The highest BCUT2D eigenvalue weighted by Gasteiger charge is 2.38. The molecule has 1 aliphatic heterocycles. The van der Waals surface area contributed by atoms with Crippen molar-refractivity contribution in [3.05, 3.63) is 48.3 Å². The lowest BCUT2D eigenvalue weighted by Gasteiger charge is -2.36. The van der Waals surface area contributed by atoms with E-state index in [2.05, 4.69) is 63.0 Å². The molecule has 0 unspecified atom stereocenters. The summed E-state index contributed by atoms with van der Waals surface area (Å²) >= 11 is 0. The van der Waals surface area contributed by atoms with Crippen LogP contribution in [0.4, 0.5) is 5.69 Å². The number of nitrogens with zero attached hydrogens (tertiary/aromatic N) is 1. The van der Waals surface area contributed by atoms with E-state index in [9.17, 15) is 0 Å². The summed E-state index contributed by atoms with van der Waals surface area (Å²) in [6.45, 7) is 12.1. The van der Waals surface area contributed by atoms with Gasteiger partial charge in [-0.3, -0.25) is 0 Å². The first-order chi connectivity index (χ1) is 9.69. The predicted molar refractivity (Wildman–Crippen MR) is 93.0 cm³/mol. The van der Waals surface area contributed by atoms with Gasteiger partial charge in [0.1, 0.15) is 5.75 Å². The van der Waals surface area contributed by atoms with Crippen LogP contribution in [0.25, 0.3) is 0 Å². The number of benzene rings is 1. The zero-order chi connectivity index (χ0) is 15.7. The Balaban J connectivity index is 2.08. The van der Waals surface area contributed by atoms with Crippen molar-refractivity contribution >= 4 is 14.0 Å². The van der Waals surface area contributed by atoms with E-state index in [4.69, 9.17) is 10.2 Å². The van der Waals surface area contributed by atoms with Crippen molar-refractivity contribution in [1.82, 2.24) is 0 Å². The number of hydrogen-bond acceptors (Lipinski definition) is 3. The van der Waals surface area contributed by atoms with Gasteiger partial charge >= 0.3 is 0 Å². The largest absolute Gasteiger partial charge is 0.544 e. The molecule has 4 heteroatoms. The van der Waals surface area contributed by atoms with Gasteiger partial charge in [-0.1, -0.05) is 20.8 Å². The van der Waals surface area contributed by atoms with Gasteiger partial charge in [-0.15, -0.1) is 0 Å². The van der Waals surface area contributed by atoms with Crippen LogP contribution in [0.1, 0.15) is 20.8 Å². The number of rotatable bonds is 3. The summed E-state index contributed by atoms with van der Waals surface area (Å²) in [5.41, 5.74) is 7.72. The maximum Gasteiger partial charge on any atom is 0.250 e. The molecule has 0 radical (unpaired) electrons. The zero-order valence-electron chi connectivity index (χ0n) is 13.7. The lowest BCUT2D eigenvalue weighted by molar-refractivity contribution is 0.492. The molecule has 21 heavy (non-hydrogen) atoms. The summed E-state index contributed by atoms with van der Waals surface area (Å²) in [6.07, 6.45) is 5.95. The Morgan fingerprint density at radius 3 is 2.24 bits per heavy atom. The molecule has 114 valence electrons. The molecule has 0 bridgehead atoms. The van der Waals surface area contributed by atoms with Gasteiger partial charge in [0.25, 0.3) is 0 Å². The monoisotopic (exact) mass is 302 g/mol. The molecule has 2 rings (SSSR count). The van der Waals surface area contributed by atoms with Crippen molar-refractivity contribution in [2.24, 2.45) is 5.73 Å². The van der Waals surface area contributed by atoms with Crippen LogP contribution in [-0.2, 0) is 0 Å². The highest BCUT2D eigenvalue weighted by Crippen LogP contribution is 2.37. The van der Waals surface area contributed by atoms with E-state index >= 15 is 0 Å². The fourth-order valence-electron chi connectivity index (χ4n) is 1.85. The third-order valence-electron chi connectivity index (χ3n) is 4.32. The average molecular weight is 302 g/mol. The number of anilines is 1. The lowest BCUT2D eigenvalue weighted by atomic mass is 10.2. The van der Waals surface area contributed by atoms with E-state index < -0.39 is 8.32 Å². The van der Waals surface area contributed by atoms with E-state index in [1.54, 1.807) is 0 Å². The van der Waals surface area contributed by atoms with Crippen molar-refractivity contribution in [2.75, 3.05) is 11.4 Å². The van der Waals surface area contributed by atoms with Gasteiger partial charge in [-0.25, -0.2) is 0 Å². The van der Waals surface area contributed by atoms with Crippen LogP contribution in [-0.4, -0.2) is 14.9 Å². The summed E-state index contributed by atoms with van der Waals surface area (Å²) in [4.78, 5) is 2.16. The van der Waals surface area contributed by atoms with Crippen molar-refractivity contribution in [3.63, 3.8) is 0 Å². The highest BCUT2D eigenvalue weighted by atomic mass is 28.4. The molecule has 1 aliphatic rings. The van der Waals surface area contributed by atoms with E-state index in [0.717, 1.165) is 23.7 Å². The Hall–Kier alpha value is -1.68. The maximum atomic E-state index is 6.30. The van der Waals surface area contributed by atoms with Crippen LogP contribution in [0.15, 0.2) is 48.3 Å². The standard InChI is InChI=1S/C17H26N2OSi/c1-17(2,3)21(4,5)20-16-8-6-15(7-9-16)19-12-10-14(18)11-13-19/h6-12H,13,18H2,1-5H3. The average Bonchev–Trinajstić information content (AvgIpc) is 2.39.